The van der Waals surface area contributed by atoms with Crippen LogP contribution >= 0.6 is 0 Å². The van der Waals surface area contributed by atoms with Crippen LogP contribution in [0.4, 0.5) is 4.79 Å². The van der Waals surface area contributed by atoms with Crippen molar-refractivity contribution in [2.45, 2.75) is 43.7 Å². The minimum Gasteiger partial charge on any atom is -0.480 e. The molecule has 8 nitrogen and oxygen atoms in total. The summed E-state index contributed by atoms with van der Waals surface area (Å²) in [5.74, 6) is -1.74. The zero-order chi connectivity index (χ0) is 23.4. The average molecular weight is 453 g/mol. The van der Waals surface area contributed by atoms with Crippen molar-refractivity contribution in [2.75, 3.05) is 19.8 Å². The van der Waals surface area contributed by atoms with E-state index in [-0.39, 0.29) is 38.6 Å². The summed E-state index contributed by atoms with van der Waals surface area (Å²) in [5.41, 5.74) is 3.07. The van der Waals surface area contributed by atoms with Gasteiger partial charge in [0.25, 0.3) is 0 Å². The van der Waals surface area contributed by atoms with Gasteiger partial charge >= 0.3 is 12.1 Å². The molecule has 3 N–H and O–H groups in total. The normalized spacial score (nSPS) is 17.4. The Balaban J connectivity index is 1.39. The Morgan fingerprint density at radius 1 is 1.06 bits per heavy atom. The lowest BCUT2D eigenvalue weighted by molar-refractivity contribution is -0.152. The van der Waals surface area contributed by atoms with Gasteiger partial charge in [0.05, 0.1) is 0 Å². The molecule has 2 aromatic rings. The van der Waals surface area contributed by atoms with Crippen molar-refractivity contribution in [3.63, 3.8) is 0 Å². The van der Waals surface area contributed by atoms with Gasteiger partial charge in [0.15, 0.2) is 0 Å². The van der Waals surface area contributed by atoms with E-state index in [1.165, 1.54) is 0 Å². The standard InChI is InChI=1S/C25H28N2O6/c1-2-21(22(28)27-25(23(29)30)11-13-32-14-12-25)26-24(31)33-15-20-18-9-5-3-7-16(18)17-8-4-6-10-19(17)20/h3-10,20-21H,2,11-15H2,1H3,(H,26,31)(H,27,28)(H,29,30)/t21-/m1/s1. The van der Waals surface area contributed by atoms with E-state index in [1.807, 2.05) is 36.4 Å². The van der Waals surface area contributed by atoms with Crippen LogP contribution in [0.2, 0.25) is 0 Å². The fourth-order valence-corrected chi connectivity index (χ4v) is 4.57. The molecule has 0 spiro atoms. The van der Waals surface area contributed by atoms with Crippen molar-refractivity contribution in [1.29, 1.82) is 0 Å². The highest BCUT2D eigenvalue weighted by molar-refractivity contribution is 5.91. The van der Waals surface area contributed by atoms with E-state index in [9.17, 15) is 19.5 Å². The van der Waals surface area contributed by atoms with Gasteiger partial charge in [-0.3, -0.25) is 4.79 Å². The number of ether oxygens (including phenoxy) is 2. The Labute approximate surface area is 192 Å². The number of carbonyl (C=O) groups is 3. The first kappa shape index (κ1) is 22.8. The van der Waals surface area contributed by atoms with E-state index in [4.69, 9.17) is 9.47 Å². The number of amides is 2. The molecule has 4 rings (SSSR count). The summed E-state index contributed by atoms with van der Waals surface area (Å²) in [6.45, 7) is 2.38. The number of hydrogen-bond donors (Lipinski definition) is 3. The molecular weight excluding hydrogens is 424 g/mol. The van der Waals surface area contributed by atoms with Gasteiger partial charge in [0, 0.05) is 32.0 Å². The molecule has 8 heteroatoms. The molecule has 0 saturated carbocycles. The fraction of sp³-hybridized carbons (Fsp3) is 0.400. The number of carbonyl (C=O) groups excluding carboxylic acids is 2. The third-order valence-electron chi connectivity index (χ3n) is 6.48. The number of rotatable bonds is 7. The molecule has 33 heavy (non-hydrogen) atoms. The number of benzene rings is 2. The topological polar surface area (TPSA) is 114 Å². The maximum Gasteiger partial charge on any atom is 0.407 e. The predicted molar refractivity (Wildman–Crippen MR) is 121 cm³/mol. The van der Waals surface area contributed by atoms with E-state index < -0.39 is 29.6 Å². The van der Waals surface area contributed by atoms with Crippen molar-refractivity contribution in [3.8, 4) is 11.1 Å². The van der Waals surface area contributed by atoms with Crippen LogP contribution < -0.4 is 10.6 Å². The SMILES string of the molecule is CC[C@@H](NC(=O)OCC1c2ccccc2-c2ccccc21)C(=O)NC1(C(=O)O)CCOCC1. The van der Waals surface area contributed by atoms with Crippen molar-refractivity contribution in [1.82, 2.24) is 10.6 Å². The molecule has 1 aliphatic carbocycles. The Morgan fingerprint density at radius 3 is 2.18 bits per heavy atom. The summed E-state index contributed by atoms with van der Waals surface area (Å²) < 4.78 is 10.8. The van der Waals surface area contributed by atoms with Crippen LogP contribution in [0.15, 0.2) is 48.5 Å². The number of fused-ring (bicyclic) bond motifs is 3. The number of nitrogens with one attached hydrogen (secondary N) is 2. The minimum atomic E-state index is -1.38. The summed E-state index contributed by atoms with van der Waals surface area (Å²) >= 11 is 0. The second-order valence-corrected chi connectivity index (χ2v) is 8.42. The maximum atomic E-state index is 12.8. The van der Waals surface area contributed by atoms with Gasteiger partial charge in [-0.15, -0.1) is 0 Å². The molecular formula is C25H28N2O6. The highest BCUT2D eigenvalue weighted by atomic mass is 16.5. The molecule has 2 aliphatic rings. The van der Waals surface area contributed by atoms with Crippen LogP contribution in [-0.4, -0.2) is 54.5 Å². The Morgan fingerprint density at radius 2 is 1.64 bits per heavy atom. The van der Waals surface area contributed by atoms with Gasteiger partial charge in [-0.1, -0.05) is 55.5 Å². The molecule has 0 aromatic heterocycles. The molecule has 2 aromatic carbocycles. The van der Waals surface area contributed by atoms with Crippen LogP contribution in [-0.2, 0) is 19.1 Å². The van der Waals surface area contributed by atoms with Gasteiger partial charge < -0.3 is 25.2 Å². The van der Waals surface area contributed by atoms with E-state index in [1.54, 1.807) is 6.92 Å². The second kappa shape index (κ2) is 9.62. The second-order valence-electron chi connectivity index (χ2n) is 8.42. The van der Waals surface area contributed by atoms with Gasteiger partial charge in [-0.05, 0) is 28.7 Å². The van der Waals surface area contributed by atoms with Crippen LogP contribution in [0.25, 0.3) is 11.1 Å². The summed E-state index contributed by atoms with van der Waals surface area (Å²) in [6, 6.07) is 15.2. The molecule has 0 bridgehead atoms. The Hall–Kier alpha value is -3.39. The number of aliphatic carboxylic acids is 1. The largest absolute Gasteiger partial charge is 0.480 e. The third kappa shape index (κ3) is 4.57. The summed E-state index contributed by atoms with van der Waals surface area (Å²) in [5, 5.41) is 14.9. The monoisotopic (exact) mass is 452 g/mol. The molecule has 174 valence electrons. The lowest BCUT2D eigenvalue weighted by Gasteiger charge is -2.35. The summed E-state index contributed by atoms with van der Waals surface area (Å²) in [7, 11) is 0. The first-order valence-electron chi connectivity index (χ1n) is 11.2. The van der Waals surface area contributed by atoms with Crippen LogP contribution in [0, 0.1) is 0 Å². The van der Waals surface area contributed by atoms with Gasteiger partial charge in [-0.25, -0.2) is 9.59 Å². The smallest absolute Gasteiger partial charge is 0.407 e. The van der Waals surface area contributed by atoms with Crippen molar-refractivity contribution < 1.29 is 29.0 Å². The molecule has 1 heterocycles. The summed E-state index contributed by atoms with van der Waals surface area (Å²) in [6.07, 6.45) is -0.0668. The zero-order valence-electron chi connectivity index (χ0n) is 18.5. The molecule has 1 aliphatic heterocycles. The van der Waals surface area contributed by atoms with E-state index in [0.717, 1.165) is 22.3 Å². The lowest BCUT2D eigenvalue weighted by atomic mass is 9.89. The van der Waals surface area contributed by atoms with Crippen molar-refractivity contribution in [2.24, 2.45) is 0 Å². The van der Waals surface area contributed by atoms with E-state index in [2.05, 4.69) is 22.8 Å². The quantitative estimate of drug-likeness (QED) is 0.595. The predicted octanol–water partition coefficient (Wildman–Crippen LogP) is 3.05. The minimum absolute atomic E-state index is 0.0884. The van der Waals surface area contributed by atoms with Crippen LogP contribution in [0.5, 0.6) is 0 Å². The molecule has 2 amide bonds. The van der Waals surface area contributed by atoms with Gasteiger partial charge in [-0.2, -0.15) is 0 Å². The number of carboxylic acid groups (broad SMARTS) is 1. The molecule has 1 atom stereocenters. The van der Waals surface area contributed by atoms with Crippen LogP contribution in [0.3, 0.4) is 0 Å². The highest BCUT2D eigenvalue weighted by Crippen LogP contribution is 2.44. The lowest BCUT2D eigenvalue weighted by Crippen LogP contribution is -2.61. The number of hydrogen-bond acceptors (Lipinski definition) is 5. The Kier molecular flexibility index (Phi) is 6.65. The van der Waals surface area contributed by atoms with E-state index >= 15 is 0 Å². The molecule has 0 unspecified atom stereocenters. The number of carboxylic acids is 1. The maximum absolute atomic E-state index is 12.8. The van der Waals surface area contributed by atoms with Gasteiger partial charge in [0.1, 0.15) is 18.2 Å². The van der Waals surface area contributed by atoms with Crippen molar-refractivity contribution >= 4 is 18.0 Å². The summed E-state index contributed by atoms with van der Waals surface area (Å²) in [4.78, 5) is 37.2. The molecule has 0 radical (unpaired) electrons. The van der Waals surface area contributed by atoms with Crippen LogP contribution in [0.1, 0.15) is 43.2 Å². The van der Waals surface area contributed by atoms with Crippen molar-refractivity contribution in [3.05, 3.63) is 59.7 Å². The molecule has 1 saturated heterocycles. The Bertz CT molecular complexity index is 1000. The average Bonchev–Trinajstić information content (AvgIpc) is 3.15. The third-order valence-corrected chi connectivity index (χ3v) is 6.48. The van der Waals surface area contributed by atoms with E-state index in [0.29, 0.717) is 6.42 Å². The highest BCUT2D eigenvalue weighted by Gasteiger charge is 2.42. The zero-order valence-corrected chi connectivity index (χ0v) is 18.5. The molecule has 1 fully saturated rings. The first-order chi connectivity index (χ1) is 15.9. The fourth-order valence-electron chi connectivity index (χ4n) is 4.57. The van der Waals surface area contributed by atoms with Gasteiger partial charge in [0.2, 0.25) is 5.91 Å². The number of alkyl carbamates (subject to hydrolysis) is 1. The first-order valence-corrected chi connectivity index (χ1v) is 11.2.